The van der Waals surface area contributed by atoms with Crippen molar-refractivity contribution in [3.05, 3.63) is 0 Å². The van der Waals surface area contributed by atoms with Gasteiger partial charge in [-0.05, 0) is 31.6 Å². The van der Waals surface area contributed by atoms with Gasteiger partial charge in [-0.2, -0.15) is 0 Å². The predicted molar refractivity (Wildman–Crippen MR) is 62.0 cm³/mol. The van der Waals surface area contributed by atoms with E-state index in [-0.39, 0.29) is 11.4 Å². The average molecular weight is 230 g/mol. The Morgan fingerprint density at radius 2 is 1.93 bits per heavy atom. The van der Waals surface area contributed by atoms with E-state index >= 15 is 0 Å². The molecule has 15 heavy (non-hydrogen) atoms. The first kappa shape index (κ1) is 11.3. The van der Waals surface area contributed by atoms with Crippen LogP contribution in [0.2, 0.25) is 0 Å². The van der Waals surface area contributed by atoms with Crippen molar-refractivity contribution in [1.29, 1.82) is 0 Å². The molecule has 2 aliphatic carbocycles. The Labute approximate surface area is 96.8 Å². The van der Waals surface area contributed by atoms with Gasteiger partial charge in [0.2, 0.25) is 5.91 Å². The third-order valence-corrected chi connectivity index (χ3v) is 4.22. The molecule has 0 aliphatic heterocycles. The molecular formula is C12H20ClNO. The van der Waals surface area contributed by atoms with Crippen molar-refractivity contribution in [2.24, 2.45) is 5.92 Å². The third-order valence-electron chi connectivity index (χ3n) is 3.71. The smallest absolute Gasteiger partial charge is 0.220 e. The Bertz CT molecular complexity index is 232. The number of carbonyl (C=O) groups is 1. The summed E-state index contributed by atoms with van der Waals surface area (Å²) in [5.74, 6) is 1.42. The average Bonchev–Trinajstić information content (AvgIpc) is 3.00. The molecule has 0 spiro atoms. The molecule has 0 bridgehead atoms. The maximum absolute atomic E-state index is 11.8. The minimum atomic E-state index is -0.0205. The van der Waals surface area contributed by atoms with E-state index in [9.17, 15) is 4.79 Å². The lowest BCUT2D eigenvalue weighted by atomic mass is 9.87. The Balaban J connectivity index is 1.72. The van der Waals surface area contributed by atoms with Crippen LogP contribution < -0.4 is 5.32 Å². The first-order chi connectivity index (χ1) is 7.24. The minimum Gasteiger partial charge on any atom is -0.349 e. The Morgan fingerprint density at radius 3 is 2.47 bits per heavy atom. The SMILES string of the molecule is O=C(CC1CCCCC1)NC1(CCl)CC1. The van der Waals surface area contributed by atoms with Crippen molar-refractivity contribution < 1.29 is 4.79 Å². The maximum Gasteiger partial charge on any atom is 0.220 e. The molecule has 0 aromatic rings. The van der Waals surface area contributed by atoms with Crippen LogP contribution in [0.25, 0.3) is 0 Å². The van der Waals surface area contributed by atoms with E-state index in [0.29, 0.717) is 11.8 Å². The molecule has 0 saturated heterocycles. The fourth-order valence-corrected chi connectivity index (χ4v) is 2.78. The molecule has 2 fully saturated rings. The zero-order valence-corrected chi connectivity index (χ0v) is 9.98. The highest BCUT2D eigenvalue weighted by atomic mass is 35.5. The van der Waals surface area contributed by atoms with Crippen molar-refractivity contribution in [3.63, 3.8) is 0 Å². The van der Waals surface area contributed by atoms with Crippen molar-refractivity contribution in [2.75, 3.05) is 5.88 Å². The topological polar surface area (TPSA) is 29.1 Å². The summed E-state index contributed by atoms with van der Waals surface area (Å²) in [5, 5.41) is 3.09. The highest BCUT2D eigenvalue weighted by Crippen LogP contribution is 2.36. The summed E-state index contributed by atoms with van der Waals surface area (Å²) >= 11 is 5.83. The number of rotatable bonds is 4. The van der Waals surface area contributed by atoms with Gasteiger partial charge in [0.1, 0.15) is 0 Å². The van der Waals surface area contributed by atoms with E-state index in [1.807, 2.05) is 0 Å². The second-order valence-electron chi connectivity index (χ2n) is 5.17. The van der Waals surface area contributed by atoms with Crippen molar-refractivity contribution >= 4 is 17.5 Å². The third kappa shape index (κ3) is 3.10. The lowest BCUT2D eigenvalue weighted by Crippen LogP contribution is -2.39. The molecule has 2 aliphatic rings. The van der Waals surface area contributed by atoms with E-state index in [2.05, 4.69) is 5.32 Å². The molecule has 3 heteroatoms. The normalized spacial score (nSPS) is 24.9. The fourth-order valence-electron chi connectivity index (χ4n) is 2.44. The zero-order chi connectivity index (χ0) is 10.7. The molecular weight excluding hydrogens is 210 g/mol. The van der Waals surface area contributed by atoms with Gasteiger partial charge in [-0.3, -0.25) is 4.79 Å². The second kappa shape index (κ2) is 4.73. The van der Waals surface area contributed by atoms with E-state index in [1.54, 1.807) is 0 Å². The van der Waals surface area contributed by atoms with Gasteiger partial charge >= 0.3 is 0 Å². The summed E-state index contributed by atoms with van der Waals surface area (Å²) < 4.78 is 0. The molecule has 2 nitrogen and oxygen atoms in total. The van der Waals surface area contributed by atoms with Crippen LogP contribution in [-0.4, -0.2) is 17.3 Å². The number of hydrogen-bond acceptors (Lipinski definition) is 1. The van der Waals surface area contributed by atoms with E-state index in [4.69, 9.17) is 11.6 Å². The first-order valence-electron chi connectivity index (χ1n) is 6.11. The molecule has 0 atom stereocenters. The van der Waals surface area contributed by atoms with Crippen LogP contribution in [0.15, 0.2) is 0 Å². The number of halogens is 1. The van der Waals surface area contributed by atoms with Crippen molar-refractivity contribution in [2.45, 2.75) is 56.9 Å². The Kier molecular flexibility index (Phi) is 3.55. The fraction of sp³-hybridized carbons (Fsp3) is 0.917. The summed E-state index contributed by atoms with van der Waals surface area (Å²) in [6.07, 6.45) is 9.28. The Hall–Kier alpha value is -0.240. The molecule has 0 radical (unpaired) electrons. The molecule has 86 valence electrons. The van der Waals surface area contributed by atoms with Crippen molar-refractivity contribution in [1.82, 2.24) is 5.32 Å². The van der Waals surface area contributed by atoms with Crippen LogP contribution in [0, 0.1) is 5.92 Å². The van der Waals surface area contributed by atoms with Crippen LogP contribution in [0.4, 0.5) is 0 Å². The highest BCUT2D eigenvalue weighted by Gasteiger charge is 2.43. The van der Waals surface area contributed by atoms with E-state index in [1.165, 1.54) is 32.1 Å². The van der Waals surface area contributed by atoms with Crippen LogP contribution in [0.3, 0.4) is 0 Å². The Morgan fingerprint density at radius 1 is 1.27 bits per heavy atom. The van der Waals surface area contributed by atoms with Gasteiger partial charge in [-0.1, -0.05) is 19.3 Å². The van der Waals surface area contributed by atoms with E-state index in [0.717, 1.165) is 19.3 Å². The largest absolute Gasteiger partial charge is 0.349 e. The summed E-state index contributed by atoms with van der Waals surface area (Å²) in [7, 11) is 0. The van der Waals surface area contributed by atoms with Gasteiger partial charge in [0.05, 0.1) is 5.54 Å². The standard InChI is InChI=1S/C12H20ClNO/c13-9-12(6-7-12)14-11(15)8-10-4-2-1-3-5-10/h10H,1-9H2,(H,14,15). The van der Waals surface area contributed by atoms with Gasteiger partial charge in [0.15, 0.2) is 0 Å². The van der Waals surface area contributed by atoms with Crippen LogP contribution >= 0.6 is 11.6 Å². The summed E-state index contributed by atoms with van der Waals surface area (Å²) in [6.45, 7) is 0. The number of amides is 1. The van der Waals surface area contributed by atoms with Crippen molar-refractivity contribution in [3.8, 4) is 0 Å². The first-order valence-corrected chi connectivity index (χ1v) is 6.64. The summed E-state index contributed by atoms with van der Waals surface area (Å²) in [6, 6.07) is 0. The van der Waals surface area contributed by atoms with Gasteiger partial charge in [-0.15, -0.1) is 11.6 Å². The highest BCUT2D eigenvalue weighted by molar-refractivity contribution is 6.19. The number of hydrogen-bond donors (Lipinski definition) is 1. The molecule has 2 saturated carbocycles. The van der Waals surface area contributed by atoms with Gasteiger partial charge in [0.25, 0.3) is 0 Å². The van der Waals surface area contributed by atoms with E-state index < -0.39 is 0 Å². The number of carbonyl (C=O) groups excluding carboxylic acids is 1. The lowest BCUT2D eigenvalue weighted by Gasteiger charge is -2.22. The summed E-state index contributed by atoms with van der Waals surface area (Å²) in [4.78, 5) is 11.8. The lowest BCUT2D eigenvalue weighted by molar-refractivity contribution is -0.123. The predicted octanol–water partition coefficient (Wildman–Crippen LogP) is 2.84. The molecule has 0 unspecified atom stereocenters. The zero-order valence-electron chi connectivity index (χ0n) is 9.23. The number of alkyl halides is 1. The van der Waals surface area contributed by atoms with Gasteiger partial charge < -0.3 is 5.32 Å². The number of nitrogens with one attached hydrogen (secondary N) is 1. The molecule has 1 N–H and O–H groups in total. The second-order valence-corrected chi connectivity index (χ2v) is 5.44. The molecule has 0 aromatic heterocycles. The quantitative estimate of drug-likeness (QED) is 0.738. The molecule has 1 amide bonds. The summed E-state index contributed by atoms with van der Waals surface area (Å²) in [5.41, 5.74) is -0.0205. The van der Waals surface area contributed by atoms with Gasteiger partial charge in [-0.25, -0.2) is 0 Å². The monoisotopic (exact) mass is 229 g/mol. The van der Waals surface area contributed by atoms with Crippen LogP contribution in [-0.2, 0) is 4.79 Å². The minimum absolute atomic E-state index is 0.0205. The maximum atomic E-state index is 11.8. The molecule has 0 heterocycles. The van der Waals surface area contributed by atoms with Crippen LogP contribution in [0.5, 0.6) is 0 Å². The van der Waals surface area contributed by atoms with Gasteiger partial charge in [0, 0.05) is 12.3 Å². The molecule has 0 aromatic carbocycles. The molecule has 2 rings (SSSR count). The van der Waals surface area contributed by atoms with Crippen LogP contribution in [0.1, 0.15) is 51.4 Å².